The number of nitrogens with one attached hydrogen (secondary N) is 1. The second kappa shape index (κ2) is 8.78. The molecule has 0 saturated carbocycles. The summed E-state index contributed by atoms with van der Waals surface area (Å²) >= 11 is 0. The Morgan fingerprint density at radius 1 is 1.00 bits per heavy atom. The predicted octanol–water partition coefficient (Wildman–Crippen LogP) is 3.93. The van der Waals surface area contributed by atoms with Crippen molar-refractivity contribution in [3.8, 4) is 17.2 Å². The van der Waals surface area contributed by atoms with Crippen LogP contribution in [0.3, 0.4) is 0 Å². The molecule has 0 fully saturated rings. The summed E-state index contributed by atoms with van der Waals surface area (Å²) < 4.78 is 15.9. The number of methoxy groups -OCH3 is 3. The molecule has 0 bridgehead atoms. The van der Waals surface area contributed by atoms with Gasteiger partial charge in [-0.3, -0.25) is 4.79 Å². The van der Waals surface area contributed by atoms with Crippen molar-refractivity contribution in [2.45, 2.75) is 13.3 Å². The van der Waals surface area contributed by atoms with Crippen molar-refractivity contribution in [2.24, 2.45) is 0 Å². The third kappa shape index (κ3) is 4.53. The minimum atomic E-state index is -0.210. The topological polar surface area (TPSA) is 56.8 Å². The van der Waals surface area contributed by atoms with Gasteiger partial charge in [-0.05, 0) is 30.2 Å². The van der Waals surface area contributed by atoms with Crippen LogP contribution in [0.2, 0.25) is 0 Å². The van der Waals surface area contributed by atoms with Gasteiger partial charge in [0.1, 0.15) is 5.75 Å². The van der Waals surface area contributed by atoms with Crippen molar-refractivity contribution in [3.63, 3.8) is 0 Å². The second-order valence-electron chi connectivity index (χ2n) is 5.28. The number of ether oxygens (including phenoxy) is 3. The molecule has 2 aromatic rings. The lowest BCUT2D eigenvalue weighted by Gasteiger charge is -2.12. The third-order valence-corrected chi connectivity index (χ3v) is 3.81. The van der Waals surface area contributed by atoms with Gasteiger partial charge in [-0.1, -0.05) is 25.1 Å². The fraction of sp³-hybridized carbons (Fsp3) is 0.250. The largest absolute Gasteiger partial charge is 0.496 e. The van der Waals surface area contributed by atoms with Crippen LogP contribution in [0.15, 0.2) is 42.5 Å². The molecule has 0 radical (unpaired) electrons. The highest BCUT2D eigenvalue weighted by Gasteiger charge is 2.10. The molecule has 0 aromatic heterocycles. The van der Waals surface area contributed by atoms with E-state index in [-0.39, 0.29) is 5.91 Å². The molecule has 25 heavy (non-hydrogen) atoms. The monoisotopic (exact) mass is 341 g/mol. The van der Waals surface area contributed by atoms with Gasteiger partial charge in [0.2, 0.25) is 5.91 Å². The summed E-state index contributed by atoms with van der Waals surface area (Å²) in [5.41, 5.74) is 2.63. The maximum Gasteiger partial charge on any atom is 0.248 e. The Morgan fingerprint density at radius 3 is 2.28 bits per heavy atom. The molecule has 2 aromatic carbocycles. The first kappa shape index (κ1) is 18.4. The standard InChI is InChI=1S/C20H23NO4/c1-5-14-8-6-7-9-16(14)21-20(22)11-10-15-12-18(24-3)19(25-4)13-17(15)23-2/h6-13H,5H2,1-4H3,(H,21,22)/b11-10+. The summed E-state index contributed by atoms with van der Waals surface area (Å²) in [6.07, 6.45) is 4.00. The SMILES string of the molecule is CCc1ccccc1NC(=O)/C=C/c1cc(OC)c(OC)cc1OC. The number of hydrogen-bond donors (Lipinski definition) is 1. The third-order valence-electron chi connectivity index (χ3n) is 3.81. The van der Waals surface area contributed by atoms with Gasteiger partial charge in [0, 0.05) is 23.4 Å². The molecule has 0 saturated heterocycles. The van der Waals surface area contributed by atoms with Crippen molar-refractivity contribution in [1.82, 2.24) is 0 Å². The molecule has 0 atom stereocenters. The van der Waals surface area contributed by atoms with E-state index in [2.05, 4.69) is 12.2 Å². The van der Waals surface area contributed by atoms with E-state index in [0.717, 1.165) is 23.2 Å². The number of anilines is 1. The van der Waals surface area contributed by atoms with E-state index < -0.39 is 0 Å². The van der Waals surface area contributed by atoms with E-state index >= 15 is 0 Å². The average molecular weight is 341 g/mol. The van der Waals surface area contributed by atoms with Crippen LogP contribution in [0, 0.1) is 0 Å². The highest BCUT2D eigenvalue weighted by atomic mass is 16.5. The van der Waals surface area contributed by atoms with Crippen LogP contribution >= 0.6 is 0 Å². The van der Waals surface area contributed by atoms with E-state index in [4.69, 9.17) is 14.2 Å². The molecule has 132 valence electrons. The van der Waals surface area contributed by atoms with E-state index in [1.807, 2.05) is 24.3 Å². The number of para-hydroxylation sites is 1. The highest BCUT2D eigenvalue weighted by Crippen LogP contribution is 2.35. The summed E-state index contributed by atoms with van der Waals surface area (Å²) in [6.45, 7) is 2.05. The van der Waals surface area contributed by atoms with Gasteiger partial charge in [0.15, 0.2) is 11.5 Å². The Labute approximate surface area is 148 Å². The summed E-state index contributed by atoms with van der Waals surface area (Å²) in [6, 6.07) is 11.2. The Morgan fingerprint density at radius 2 is 1.64 bits per heavy atom. The summed E-state index contributed by atoms with van der Waals surface area (Å²) in [7, 11) is 4.69. The van der Waals surface area contributed by atoms with Crippen LogP contribution in [0.1, 0.15) is 18.1 Å². The van der Waals surface area contributed by atoms with Crippen molar-refractivity contribution in [3.05, 3.63) is 53.6 Å². The molecule has 2 rings (SSSR count). The Hall–Kier alpha value is -2.95. The van der Waals surface area contributed by atoms with Gasteiger partial charge in [-0.2, -0.15) is 0 Å². The Bertz CT molecular complexity index is 768. The first-order valence-corrected chi connectivity index (χ1v) is 7.99. The second-order valence-corrected chi connectivity index (χ2v) is 5.28. The van der Waals surface area contributed by atoms with Gasteiger partial charge in [0.05, 0.1) is 21.3 Å². The van der Waals surface area contributed by atoms with Crippen molar-refractivity contribution >= 4 is 17.7 Å². The Kier molecular flexibility index (Phi) is 6.46. The zero-order chi connectivity index (χ0) is 18.2. The normalized spacial score (nSPS) is 10.6. The van der Waals surface area contributed by atoms with Gasteiger partial charge in [0.25, 0.3) is 0 Å². The lowest BCUT2D eigenvalue weighted by Crippen LogP contribution is -2.09. The lowest BCUT2D eigenvalue weighted by atomic mass is 10.1. The van der Waals surface area contributed by atoms with E-state index in [1.165, 1.54) is 6.08 Å². The van der Waals surface area contributed by atoms with E-state index in [1.54, 1.807) is 39.5 Å². The minimum Gasteiger partial charge on any atom is -0.496 e. The molecule has 1 amide bonds. The number of amides is 1. The van der Waals surface area contributed by atoms with Gasteiger partial charge in [-0.25, -0.2) is 0 Å². The highest BCUT2D eigenvalue weighted by molar-refractivity contribution is 6.02. The maximum atomic E-state index is 12.2. The van der Waals surface area contributed by atoms with Crippen LogP contribution in [0.4, 0.5) is 5.69 Å². The zero-order valence-electron chi connectivity index (χ0n) is 15.0. The number of carbonyl (C=O) groups excluding carboxylic acids is 1. The van der Waals surface area contributed by atoms with Gasteiger partial charge >= 0.3 is 0 Å². The molecule has 0 heterocycles. The number of benzene rings is 2. The molecule has 0 aliphatic carbocycles. The molecule has 5 heteroatoms. The number of rotatable bonds is 7. The molecule has 0 aliphatic heterocycles. The van der Waals surface area contributed by atoms with E-state index in [9.17, 15) is 4.79 Å². The summed E-state index contributed by atoms with van der Waals surface area (Å²) in [5.74, 6) is 1.52. The average Bonchev–Trinajstić information content (AvgIpc) is 2.65. The van der Waals surface area contributed by atoms with Crippen LogP contribution in [0.25, 0.3) is 6.08 Å². The number of hydrogen-bond acceptors (Lipinski definition) is 4. The van der Waals surface area contributed by atoms with Crippen molar-refractivity contribution in [1.29, 1.82) is 0 Å². The first-order chi connectivity index (χ1) is 12.1. The number of aryl methyl sites for hydroxylation is 1. The Balaban J connectivity index is 2.21. The quantitative estimate of drug-likeness (QED) is 0.775. The smallest absolute Gasteiger partial charge is 0.248 e. The molecular formula is C20H23NO4. The van der Waals surface area contributed by atoms with Gasteiger partial charge in [-0.15, -0.1) is 0 Å². The van der Waals surface area contributed by atoms with Crippen LogP contribution < -0.4 is 19.5 Å². The van der Waals surface area contributed by atoms with E-state index in [0.29, 0.717) is 17.2 Å². The molecule has 0 spiro atoms. The fourth-order valence-corrected chi connectivity index (χ4v) is 2.47. The van der Waals surface area contributed by atoms with Crippen molar-refractivity contribution < 1.29 is 19.0 Å². The molecule has 5 nitrogen and oxygen atoms in total. The predicted molar refractivity (Wildman–Crippen MR) is 99.6 cm³/mol. The summed E-state index contributed by atoms with van der Waals surface area (Å²) in [5, 5.41) is 2.90. The van der Waals surface area contributed by atoms with Crippen LogP contribution in [-0.4, -0.2) is 27.2 Å². The van der Waals surface area contributed by atoms with Gasteiger partial charge < -0.3 is 19.5 Å². The summed E-state index contributed by atoms with van der Waals surface area (Å²) in [4.78, 5) is 12.2. The molecule has 0 unspecified atom stereocenters. The molecular weight excluding hydrogens is 318 g/mol. The zero-order valence-corrected chi connectivity index (χ0v) is 15.0. The number of carbonyl (C=O) groups is 1. The molecule has 0 aliphatic rings. The van der Waals surface area contributed by atoms with Crippen LogP contribution in [-0.2, 0) is 11.2 Å². The van der Waals surface area contributed by atoms with Crippen molar-refractivity contribution in [2.75, 3.05) is 26.6 Å². The lowest BCUT2D eigenvalue weighted by molar-refractivity contribution is -0.111. The van der Waals surface area contributed by atoms with Crippen LogP contribution in [0.5, 0.6) is 17.2 Å². The first-order valence-electron chi connectivity index (χ1n) is 7.99. The molecule has 1 N–H and O–H groups in total. The maximum absolute atomic E-state index is 12.2. The minimum absolute atomic E-state index is 0.210. The fourth-order valence-electron chi connectivity index (χ4n) is 2.47.